The lowest BCUT2D eigenvalue weighted by Gasteiger charge is -2.32. The van der Waals surface area contributed by atoms with E-state index in [4.69, 9.17) is 10.5 Å². The van der Waals surface area contributed by atoms with Crippen LogP contribution in [0.1, 0.15) is 42.5 Å². The minimum Gasteiger partial charge on any atom is -0.378 e. The molecule has 0 saturated carbocycles. The highest BCUT2D eigenvalue weighted by Crippen LogP contribution is 2.16. The molecular weight excluding hydrogens is 311 g/mol. The molecule has 2 rings (SSSR count). The fourth-order valence-electron chi connectivity index (χ4n) is 2.76. The number of rotatable bonds is 8. The molecule has 1 amide bonds. The number of likely N-dealkylation sites (tertiary alicyclic amines) is 1. The maximum absolute atomic E-state index is 12.8. The molecule has 0 atom stereocenters. The van der Waals surface area contributed by atoms with E-state index in [9.17, 15) is 14.0 Å². The largest absolute Gasteiger partial charge is 0.378 e. The van der Waals surface area contributed by atoms with Crippen LogP contribution < -0.4 is 5.73 Å². The zero-order chi connectivity index (χ0) is 17.4. The summed E-state index contributed by atoms with van der Waals surface area (Å²) in [7, 11) is 0. The molecule has 1 aromatic rings. The Morgan fingerprint density at radius 2 is 1.83 bits per heavy atom. The summed E-state index contributed by atoms with van der Waals surface area (Å²) in [6.07, 6.45) is 3.03. The Kier molecular flexibility index (Phi) is 7.34. The molecule has 1 aromatic carbocycles. The average molecular weight is 336 g/mol. The second-order valence-corrected chi connectivity index (χ2v) is 6.02. The Labute approximate surface area is 142 Å². The number of nitrogens with zero attached hydrogens (tertiary/aromatic N) is 1. The summed E-state index contributed by atoms with van der Waals surface area (Å²) in [6.45, 7) is 2.62. The van der Waals surface area contributed by atoms with E-state index >= 15 is 0 Å². The first-order valence-electron chi connectivity index (χ1n) is 8.48. The molecule has 132 valence electrons. The zero-order valence-corrected chi connectivity index (χ0v) is 13.9. The second-order valence-electron chi connectivity index (χ2n) is 6.02. The summed E-state index contributed by atoms with van der Waals surface area (Å²) >= 11 is 0. The number of piperidine rings is 1. The Bertz CT molecular complexity index is 540. The number of ketones is 1. The maximum atomic E-state index is 12.8. The van der Waals surface area contributed by atoms with Crippen LogP contribution in [0.3, 0.4) is 0 Å². The lowest BCUT2D eigenvalue weighted by Crippen LogP contribution is -2.41. The number of carbonyl (C=O) groups is 2. The molecule has 2 N–H and O–H groups in total. The molecule has 1 aliphatic rings. The van der Waals surface area contributed by atoms with Crippen molar-refractivity contribution >= 4 is 11.7 Å². The normalized spacial score (nSPS) is 15.5. The van der Waals surface area contributed by atoms with E-state index in [-0.39, 0.29) is 36.5 Å². The average Bonchev–Trinajstić information content (AvgIpc) is 2.61. The highest BCUT2D eigenvalue weighted by Gasteiger charge is 2.23. The predicted octanol–water partition coefficient (Wildman–Crippen LogP) is 2.14. The molecule has 24 heavy (non-hydrogen) atoms. The number of hydrogen-bond acceptors (Lipinski definition) is 4. The summed E-state index contributed by atoms with van der Waals surface area (Å²) in [4.78, 5) is 26.0. The van der Waals surface area contributed by atoms with E-state index in [1.165, 1.54) is 24.3 Å². The first kappa shape index (κ1) is 18.5. The minimum atomic E-state index is -0.376. The lowest BCUT2D eigenvalue weighted by atomic mass is 10.0. The third-order valence-electron chi connectivity index (χ3n) is 4.23. The van der Waals surface area contributed by atoms with Gasteiger partial charge in [-0.2, -0.15) is 0 Å². The molecule has 0 aromatic heterocycles. The van der Waals surface area contributed by atoms with Crippen molar-refractivity contribution in [2.45, 2.75) is 38.2 Å². The van der Waals surface area contributed by atoms with Gasteiger partial charge in [0.15, 0.2) is 5.78 Å². The molecule has 0 spiro atoms. The third kappa shape index (κ3) is 5.69. The first-order valence-corrected chi connectivity index (χ1v) is 8.48. The van der Waals surface area contributed by atoms with Crippen molar-refractivity contribution in [3.8, 4) is 0 Å². The SMILES string of the molecule is NCCCOC1CCN(C(=O)CCC(=O)c2ccc(F)cc2)CC1. The van der Waals surface area contributed by atoms with E-state index in [1.807, 2.05) is 0 Å². The number of Topliss-reactive ketones (excluding diaryl/α,β-unsaturated/α-hetero) is 1. The number of hydrogen-bond donors (Lipinski definition) is 1. The van der Waals surface area contributed by atoms with Gasteiger partial charge in [0.2, 0.25) is 5.91 Å². The quantitative estimate of drug-likeness (QED) is 0.583. The van der Waals surface area contributed by atoms with Gasteiger partial charge in [0, 0.05) is 38.1 Å². The van der Waals surface area contributed by atoms with Gasteiger partial charge in [-0.15, -0.1) is 0 Å². The monoisotopic (exact) mass is 336 g/mol. The Morgan fingerprint density at radius 1 is 1.17 bits per heavy atom. The lowest BCUT2D eigenvalue weighted by molar-refractivity contribution is -0.133. The number of nitrogens with two attached hydrogens (primary N) is 1. The maximum Gasteiger partial charge on any atom is 0.223 e. The van der Waals surface area contributed by atoms with Gasteiger partial charge >= 0.3 is 0 Å². The summed E-state index contributed by atoms with van der Waals surface area (Å²) in [5, 5.41) is 0. The van der Waals surface area contributed by atoms with Gasteiger partial charge in [-0.05, 0) is 50.1 Å². The Balaban J connectivity index is 1.70. The van der Waals surface area contributed by atoms with Crippen molar-refractivity contribution in [2.75, 3.05) is 26.2 Å². The van der Waals surface area contributed by atoms with Crippen molar-refractivity contribution in [3.05, 3.63) is 35.6 Å². The van der Waals surface area contributed by atoms with E-state index in [1.54, 1.807) is 4.90 Å². The fourth-order valence-corrected chi connectivity index (χ4v) is 2.76. The van der Waals surface area contributed by atoms with Gasteiger partial charge in [-0.25, -0.2) is 4.39 Å². The Morgan fingerprint density at radius 3 is 2.46 bits per heavy atom. The van der Waals surface area contributed by atoms with Gasteiger partial charge in [0.1, 0.15) is 5.82 Å². The second kappa shape index (κ2) is 9.49. The van der Waals surface area contributed by atoms with Crippen LogP contribution in [-0.4, -0.2) is 48.9 Å². The first-order chi connectivity index (χ1) is 11.6. The number of benzene rings is 1. The number of carbonyl (C=O) groups excluding carboxylic acids is 2. The van der Waals surface area contributed by atoms with Crippen molar-refractivity contribution in [1.82, 2.24) is 4.90 Å². The molecule has 1 aliphatic heterocycles. The van der Waals surface area contributed by atoms with Gasteiger partial charge < -0.3 is 15.4 Å². The predicted molar refractivity (Wildman–Crippen MR) is 89.2 cm³/mol. The standard InChI is InChI=1S/C18H25FN2O3/c19-15-4-2-14(3-5-15)17(22)6-7-18(23)21-11-8-16(9-12-21)24-13-1-10-20/h2-5,16H,1,6-13,20H2. The topological polar surface area (TPSA) is 72.6 Å². The van der Waals surface area contributed by atoms with Crippen molar-refractivity contribution in [2.24, 2.45) is 5.73 Å². The minimum absolute atomic E-state index is 0.00845. The molecule has 6 heteroatoms. The van der Waals surface area contributed by atoms with E-state index in [2.05, 4.69) is 0 Å². The number of ether oxygens (including phenoxy) is 1. The van der Waals surface area contributed by atoms with Crippen molar-refractivity contribution in [3.63, 3.8) is 0 Å². The van der Waals surface area contributed by atoms with E-state index in [0.717, 1.165) is 19.3 Å². The molecule has 5 nitrogen and oxygen atoms in total. The summed E-state index contributed by atoms with van der Waals surface area (Å²) in [5.74, 6) is -0.520. The van der Waals surface area contributed by atoms with Crippen LogP contribution in [0.25, 0.3) is 0 Å². The van der Waals surface area contributed by atoms with Crippen LogP contribution in [0.2, 0.25) is 0 Å². The molecule has 1 heterocycles. The summed E-state index contributed by atoms with van der Waals surface area (Å²) in [6, 6.07) is 5.41. The summed E-state index contributed by atoms with van der Waals surface area (Å²) in [5.41, 5.74) is 5.87. The van der Waals surface area contributed by atoms with Gasteiger partial charge in [0.25, 0.3) is 0 Å². The van der Waals surface area contributed by atoms with Crippen LogP contribution in [0, 0.1) is 5.82 Å². The molecule has 1 fully saturated rings. The van der Waals surface area contributed by atoms with Crippen molar-refractivity contribution < 1.29 is 18.7 Å². The number of halogens is 1. The fraction of sp³-hybridized carbons (Fsp3) is 0.556. The van der Waals surface area contributed by atoms with Crippen LogP contribution in [0.4, 0.5) is 4.39 Å². The number of amides is 1. The van der Waals surface area contributed by atoms with Gasteiger partial charge in [-0.1, -0.05) is 0 Å². The molecule has 0 radical (unpaired) electrons. The highest BCUT2D eigenvalue weighted by atomic mass is 19.1. The van der Waals surface area contributed by atoms with E-state index < -0.39 is 0 Å². The van der Waals surface area contributed by atoms with Crippen LogP contribution in [-0.2, 0) is 9.53 Å². The van der Waals surface area contributed by atoms with E-state index in [0.29, 0.717) is 31.8 Å². The van der Waals surface area contributed by atoms with Crippen molar-refractivity contribution in [1.29, 1.82) is 0 Å². The highest BCUT2D eigenvalue weighted by molar-refractivity contribution is 5.97. The zero-order valence-electron chi connectivity index (χ0n) is 13.9. The smallest absolute Gasteiger partial charge is 0.223 e. The molecular formula is C18H25FN2O3. The van der Waals surface area contributed by atoms with Gasteiger partial charge in [0.05, 0.1) is 6.10 Å². The molecule has 0 bridgehead atoms. The summed E-state index contributed by atoms with van der Waals surface area (Å²) < 4.78 is 18.6. The molecule has 0 aliphatic carbocycles. The third-order valence-corrected chi connectivity index (χ3v) is 4.23. The van der Waals surface area contributed by atoms with Crippen LogP contribution in [0.5, 0.6) is 0 Å². The molecule has 1 saturated heterocycles. The van der Waals surface area contributed by atoms with Crippen LogP contribution >= 0.6 is 0 Å². The molecule has 0 unspecified atom stereocenters. The Hall–Kier alpha value is -1.79. The van der Waals surface area contributed by atoms with Crippen LogP contribution in [0.15, 0.2) is 24.3 Å². The van der Waals surface area contributed by atoms with Gasteiger partial charge in [-0.3, -0.25) is 9.59 Å².